The van der Waals surface area contributed by atoms with Gasteiger partial charge in [-0.15, -0.1) is 11.3 Å². The number of rotatable bonds is 7. The van der Waals surface area contributed by atoms with Crippen LogP contribution in [0.15, 0.2) is 79.0 Å². The van der Waals surface area contributed by atoms with Crippen LogP contribution < -0.4 is 15.4 Å². The van der Waals surface area contributed by atoms with E-state index in [2.05, 4.69) is 29.5 Å². The van der Waals surface area contributed by atoms with Gasteiger partial charge in [0.1, 0.15) is 16.6 Å². The molecule has 32 heavy (non-hydrogen) atoms. The number of anilines is 2. The third kappa shape index (κ3) is 4.65. The van der Waals surface area contributed by atoms with E-state index in [1.807, 2.05) is 72.8 Å². The second kappa shape index (κ2) is 9.66. The summed E-state index contributed by atoms with van der Waals surface area (Å²) in [4.78, 5) is 18.5. The number of amides is 1. The minimum atomic E-state index is -0.202. The summed E-state index contributed by atoms with van der Waals surface area (Å²) in [5.41, 5.74) is 3.85. The van der Waals surface area contributed by atoms with Gasteiger partial charge in [0.2, 0.25) is 0 Å². The van der Waals surface area contributed by atoms with Crippen molar-refractivity contribution in [1.29, 1.82) is 0 Å². The standard InChI is InChI=1S/C26H25N3O2S/c1-17-18(2)32-26(29-25(30)20-9-5-4-6-10-20)23(17)24(28-22-11-7-8-16-27-22)19-12-14-21(31-3)15-13-19/h4-16,24H,1-3H3,(H,27,28)(H,29,30)/t24-/m1/s1. The van der Waals surface area contributed by atoms with Crippen molar-refractivity contribution in [3.63, 3.8) is 0 Å². The van der Waals surface area contributed by atoms with E-state index in [1.54, 1.807) is 24.6 Å². The SMILES string of the molecule is COc1ccc([C@@H](Nc2ccccn2)c2c(NC(=O)c3ccccc3)sc(C)c2C)cc1. The molecule has 2 N–H and O–H groups in total. The third-order valence-electron chi connectivity index (χ3n) is 5.39. The maximum absolute atomic E-state index is 12.9. The summed E-state index contributed by atoms with van der Waals surface area (Å²) in [5, 5.41) is 7.53. The van der Waals surface area contributed by atoms with Gasteiger partial charge in [-0.2, -0.15) is 0 Å². The summed E-state index contributed by atoms with van der Waals surface area (Å²) < 4.78 is 5.34. The molecular formula is C26H25N3O2S. The second-order valence-corrected chi connectivity index (χ2v) is 8.64. The van der Waals surface area contributed by atoms with Crippen LogP contribution in [0.4, 0.5) is 10.8 Å². The summed E-state index contributed by atoms with van der Waals surface area (Å²) in [6, 6.07) is 22.8. The molecule has 2 aromatic carbocycles. The average molecular weight is 444 g/mol. The predicted molar refractivity (Wildman–Crippen MR) is 131 cm³/mol. The largest absolute Gasteiger partial charge is 0.497 e. The molecule has 5 nitrogen and oxygen atoms in total. The number of nitrogens with zero attached hydrogens (tertiary/aromatic N) is 1. The Morgan fingerprint density at radius 2 is 1.69 bits per heavy atom. The molecule has 0 aliphatic rings. The Kier molecular flexibility index (Phi) is 6.52. The van der Waals surface area contributed by atoms with E-state index in [0.717, 1.165) is 38.1 Å². The number of carbonyl (C=O) groups is 1. The number of hydrogen-bond donors (Lipinski definition) is 2. The lowest BCUT2D eigenvalue weighted by Crippen LogP contribution is -2.18. The van der Waals surface area contributed by atoms with Gasteiger partial charge in [-0.25, -0.2) is 4.98 Å². The van der Waals surface area contributed by atoms with E-state index in [4.69, 9.17) is 4.74 Å². The Hall–Kier alpha value is -3.64. The Morgan fingerprint density at radius 3 is 2.34 bits per heavy atom. The van der Waals surface area contributed by atoms with Crippen LogP contribution in [0.25, 0.3) is 0 Å². The van der Waals surface area contributed by atoms with Crippen LogP contribution in [0.1, 0.15) is 38.0 Å². The monoisotopic (exact) mass is 443 g/mol. The molecule has 0 radical (unpaired) electrons. The summed E-state index contributed by atoms with van der Waals surface area (Å²) >= 11 is 1.59. The van der Waals surface area contributed by atoms with Gasteiger partial charge in [-0.1, -0.05) is 36.4 Å². The number of aromatic nitrogens is 1. The molecule has 0 unspecified atom stereocenters. The third-order valence-corrected chi connectivity index (χ3v) is 6.53. The van der Waals surface area contributed by atoms with Crippen molar-refractivity contribution in [1.82, 2.24) is 4.98 Å². The van der Waals surface area contributed by atoms with Crippen LogP contribution in [0.2, 0.25) is 0 Å². The first kappa shape index (κ1) is 21.6. The fourth-order valence-corrected chi connectivity index (χ4v) is 4.66. The number of thiophene rings is 1. The molecule has 0 aliphatic heterocycles. The van der Waals surface area contributed by atoms with Crippen LogP contribution in [0, 0.1) is 13.8 Å². The first-order valence-electron chi connectivity index (χ1n) is 10.3. The molecule has 162 valence electrons. The highest BCUT2D eigenvalue weighted by Crippen LogP contribution is 2.41. The van der Waals surface area contributed by atoms with E-state index in [9.17, 15) is 4.79 Å². The van der Waals surface area contributed by atoms with Crippen LogP contribution in [0.5, 0.6) is 5.75 Å². The molecule has 4 rings (SSSR count). The van der Waals surface area contributed by atoms with Gasteiger partial charge >= 0.3 is 0 Å². The minimum absolute atomic E-state index is 0.126. The molecule has 1 amide bonds. The number of benzene rings is 2. The van der Waals surface area contributed by atoms with E-state index in [-0.39, 0.29) is 11.9 Å². The maximum Gasteiger partial charge on any atom is 0.256 e. The van der Waals surface area contributed by atoms with E-state index < -0.39 is 0 Å². The molecule has 6 heteroatoms. The highest BCUT2D eigenvalue weighted by molar-refractivity contribution is 7.16. The molecule has 0 spiro atoms. The second-order valence-electron chi connectivity index (χ2n) is 7.41. The normalized spacial score (nSPS) is 11.6. The van der Waals surface area contributed by atoms with Gasteiger partial charge in [-0.3, -0.25) is 4.79 Å². The lowest BCUT2D eigenvalue weighted by atomic mass is 9.96. The van der Waals surface area contributed by atoms with Crippen molar-refractivity contribution in [2.75, 3.05) is 17.7 Å². The summed E-state index contributed by atoms with van der Waals surface area (Å²) in [7, 11) is 1.65. The molecule has 1 atom stereocenters. The first-order chi connectivity index (χ1) is 15.6. The number of ether oxygens (including phenoxy) is 1. The van der Waals surface area contributed by atoms with E-state index in [0.29, 0.717) is 5.56 Å². The van der Waals surface area contributed by atoms with Crippen LogP contribution in [0.3, 0.4) is 0 Å². The van der Waals surface area contributed by atoms with Crippen LogP contribution >= 0.6 is 11.3 Å². The number of carbonyl (C=O) groups excluding carboxylic acids is 1. The van der Waals surface area contributed by atoms with Crippen molar-refractivity contribution in [2.24, 2.45) is 0 Å². The van der Waals surface area contributed by atoms with Gasteiger partial charge in [0, 0.05) is 22.2 Å². The van der Waals surface area contributed by atoms with Crippen molar-refractivity contribution in [3.8, 4) is 5.75 Å². The van der Waals surface area contributed by atoms with Gasteiger partial charge in [0.15, 0.2) is 0 Å². The average Bonchev–Trinajstić information content (AvgIpc) is 3.11. The molecule has 0 aliphatic carbocycles. The Labute approximate surface area is 192 Å². The topological polar surface area (TPSA) is 63.2 Å². The van der Waals surface area contributed by atoms with Crippen LogP contribution in [-0.2, 0) is 0 Å². The number of hydrogen-bond acceptors (Lipinski definition) is 5. The fourth-order valence-electron chi connectivity index (χ4n) is 3.56. The lowest BCUT2D eigenvalue weighted by molar-refractivity contribution is 0.102. The number of aryl methyl sites for hydroxylation is 1. The van der Waals surface area contributed by atoms with Crippen molar-refractivity contribution < 1.29 is 9.53 Å². The van der Waals surface area contributed by atoms with Crippen molar-refractivity contribution in [2.45, 2.75) is 19.9 Å². The zero-order valence-corrected chi connectivity index (χ0v) is 19.1. The first-order valence-corrected chi connectivity index (χ1v) is 11.2. The Balaban J connectivity index is 1.76. The molecule has 0 bridgehead atoms. The quantitative estimate of drug-likeness (QED) is 0.356. The molecule has 0 saturated heterocycles. The van der Waals surface area contributed by atoms with Crippen molar-refractivity contribution >= 4 is 28.1 Å². The Morgan fingerprint density at radius 1 is 0.969 bits per heavy atom. The Bertz CT molecular complexity index is 1190. The highest BCUT2D eigenvalue weighted by atomic mass is 32.1. The molecule has 0 fully saturated rings. The van der Waals surface area contributed by atoms with Gasteiger partial charge in [0.25, 0.3) is 5.91 Å². The van der Waals surface area contributed by atoms with Crippen LogP contribution in [-0.4, -0.2) is 18.0 Å². The fraction of sp³-hybridized carbons (Fsp3) is 0.154. The van der Waals surface area contributed by atoms with Crippen molar-refractivity contribution in [3.05, 3.63) is 106 Å². The van der Waals surface area contributed by atoms with Gasteiger partial charge < -0.3 is 15.4 Å². The number of pyridine rings is 1. The molecular weight excluding hydrogens is 418 g/mol. The number of nitrogens with one attached hydrogen (secondary N) is 2. The van der Waals surface area contributed by atoms with Gasteiger partial charge in [-0.05, 0) is 61.4 Å². The zero-order valence-electron chi connectivity index (χ0n) is 18.3. The zero-order chi connectivity index (χ0) is 22.5. The van der Waals surface area contributed by atoms with E-state index in [1.165, 1.54) is 0 Å². The maximum atomic E-state index is 12.9. The summed E-state index contributed by atoms with van der Waals surface area (Å²) in [6.45, 7) is 4.17. The van der Waals surface area contributed by atoms with E-state index >= 15 is 0 Å². The highest BCUT2D eigenvalue weighted by Gasteiger charge is 2.25. The molecule has 2 aromatic heterocycles. The molecule has 2 heterocycles. The minimum Gasteiger partial charge on any atom is -0.497 e. The molecule has 4 aromatic rings. The summed E-state index contributed by atoms with van der Waals surface area (Å²) in [6.07, 6.45) is 1.76. The predicted octanol–water partition coefficient (Wildman–Crippen LogP) is 6.22. The lowest BCUT2D eigenvalue weighted by Gasteiger charge is -2.22. The number of methoxy groups -OCH3 is 1. The van der Waals surface area contributed by atoms with Gasteiger partial charge in [0.05, 0.1) is 13.2 Å². The summed E-state index contributed by atoms with van der Waals surface area (Å²) in [5.74, 6) is 1.43. The smallest absolute Gasteiger partial charge is 0.256 e. The molecule has 0 saturated carbocycles.